The van der Waals surface area contributed by atoms with Gasteiger partial charge in [-0.05, 0) is 59.0 Å². The maximum Gasteiger partial charge on any atom is 0.256 e. The summed E-state index contributed by atoms with van der Waals surface area (Å²) in [5.74, 6) is 0.941. The van der Waals surface area contributed by atoms with Crippen LogP contribution in [0.1, 0.15) is 36.9 Å². The van der Waals surface area contributed by atoms with Crippen molar-refractivity contribution in [2.45, 2.75) is 46.1 Å². The highest BCUT2D eigenvalue weighted by molar-refractivity contribution is 5.79. The molecule has 1 aromatic heterocycles. The van der Waals surface area contributed by atoms with Gasteiger partial charge in [0.2, 0.25) is 5.91 Å². The topological polar surface area (TPSA) is 58.4 Å². The molecule has 0 saturated carbocycles. The summed E-state index contributed by atoms with van der Waals surface area (Å²) in [6.07, 6.45) is 5.74. The zero-order valence-corrected chi connectivity index (χ0v) is 15.7. The maximum absolute atomic E-state index is 12.7. The lowest BCUT2D eigenvalue weighted by Crippen LogP contribution is -2.47. The molecule has 0 radical (unpaired) electrons. The minimum absolute atomic E-state index is 0.0660. The second-order valence-corrected chi connectivity index (χ2v) is 7.78. The van der Waals surface area contributed by atoms with Gasteiger partial charge in [0.05, 0.1) is 12.2 Å². The Bertz CT molecular complexity index is 676. The van der Waals surface area contributed by atoms with Gasteiger partial charge in [0.25, 0.3) is 5.56 Å². The van der Waals surface area contributed by atoms with E-state index >= 15 is 0 Å². The first-order valence-electron chi connectivity index (χ1n) is 9.45. The van der Waals surface area contributed by atoms with Gasteiger partial charge in [-0.2, -0.15) is 0 Å². The third kappa shape index (κ3) is 4.11. The molecule has 25 heavy (non-hydrogen) atoms. The molecule has 1 aromatic rings. The number of hydrogen-bond acceptors (Lipinski definition) is 4. The molecule has 2 aliphatic rings. The van der Waals surface area contributed by atoms with Gasteiger partial charge in [0.1, 0.15) is 0 Å². The normalized spacial score (nSPS) is 23.0. The highest BCUT2D eigenvalue weighted by Crippen LogP contribution is 2.23. The largest absolute Gasteiger partial charge is 0.342 e. The number of carbonyl (C=O) groups excluding carboxylic acids is 1. The highest BCUT2D eigenvalue weighted by atomic mass is 16.2. The van der Waals surface area contributed by atoms with E-state index in [2.05, 4.69) is 16.9 Å². The van der Waals surface area contributed by atoms with Gasteiger partial charge in [-0.3, -0.25) is 14.2 Å². The Morgan fingerprint density at radius 2 is 1.92 bits per heavy atom. The Morgan fingerprint density at radius 1 is 1.20 bits per heavy atom. The average Bonchev–Trinajstić information content (AvgIpc) is 2.62. The summed E-state index contributed by atoms with van der Waals surface area (Å²) in [4.78, 5) is 33.7. The summed E-state index contributed by atoms with van der Waals surface area (Å²) < 4.78 is 1.74. The molecule has 6 heteroatoms. The van der Waals surface area contributed by atoms with E-state index in [1.807, 2.05) is 18.7 Å². The van der Waals surface area contributed by atoms with E-state index in [-0.39, 0.29) is 11.5 Å². The minimum Gasteiger partial charge on any atom is -0.342 e. The number of likely N-dealkylation sites (tertiary alicyclic amines) is 2. The Morgan fingerprint density at radius 3 is 2.60 bits per heavy atom. The summed E-state index contributed by atoms with van der Waals surface area (Å²) in [5, 5.41) is 0. The van der Waals surface area contributed by atoms with Crippen LogP contribution in [0.25, 0.3) is 0 Å². The van der Waals surface area contributed by atoms with Crippen molar-refractivity contribution in [1.29, 1.82) is 0 Å². The van der Waals surface area contributed by atoms with Gasteiger partial charge >= 0.3 is 0 Å². The molecule has 2 fully saturated rings. The van der Waals surface area contributed by atoms with Crippen LogP contribution in [0.4, 0.5) is 0 Å². The van der Waals surface area contributed by atoms with Crippen LogP contribution >= 0.6 is 0 Å². The quantitative estimate of drug-likeness (QED) is 0.831. The van der Waals surface area contributed by atoms with E-state index in [4.69, 9.17) is 0 Å². The molecular formula is C19H30N4O2. The van der Waals surface area contributed by atoms with Gasteiger partial charge < -0.3 is 9.80 Å². The lowest BCUT2D eigenvalue weighted by atomic mass is 9.93. The molecule has 0 bridgehead atoms. The zero-order chi connectivity index (χ0) is 18.0. The van der Waals surface area contributed by atoms with Crippen molar-refractivity contribution in [2.24, 2.45) is 11.8 Å². The SMILES string of the molecule is Cc1ncn(CC2CCN(C(=O)C3CCCN(C)C3)CC2)c(=O)c1C. The molecule has 1 unspecified atom stereocenters. The van der Waals surface area contributed by atoms with Crippen LogP contribution < -0.4 is 5.56 Å². The van der Waals surface area contributed by atoms with E-state index in [0.29, 0.717) is 18.4 Å². The molecule has 3 rings (SSSR count). The van der Waals surface area contributed by atoms with E-state index in [9.17, 15) is 9.59 Å². The van der Waals surface area contributed by atoms with Gasteiger partial charge in [0, 0.05) is 37.4 Å². The standard InChI is InChI=1S/C19H30N4O2/c1-14-15(2)20-13-23(18(14)24)11-16-6-9-22(10-7-16)19(25)17-5-4-8-21(3)12-17/h13,16-17H,4-12H2,1-3H3. The molecule has 138 valence electrons. The molecule has 0 N–H and O–H groups in total. The lowest BCUT2D eigenvalue weighted by molar-refractivity contribution is -0.138. The van der Waals surface area contributed by atoms with Crippen molar-refractivity contribution >= 4 is 5.91 Å². The van der Waals surface area contributed by atoms with Crippen molar-refractivity contribution in [3.8, 4) is 0 Å². The van der Waals surface area contributed by atoms with Gasteiger partial charge in [-0.15, -0.1) is 0 Å². The van der Waals surface area contributed by atoms with Gasteiger partial charge in [0.15, 0.2) is 0 Å². The van der Waals surface area contributed by atoms with Crippen molar-refractivity contribution < 1.29 is 4.79 Å². The molecule has 0 aromatic carbocycles. The molecular weight excluding hydrogens is 316 g/mol. The Labute approximate surface area is 149 Å². The number of piperidine rings is 2. The van der Waals surface area contributed by atoms with E-state index < -0.39 is 0 Å². The fourth-order valence-electron chi connectivity index (χ4n) is 4.05. The zero-order valence-electron chi connectivity index (χ0n) is 15.7. The predicted molar refractivity (Wildman–Crippen MR) is 97.5 cm³/mol. The van der Waals surface area contributed by atoms with Crippen LogP contribution in [-0.4, -0.2) is 58.5 Å². The molecule has 0 aliphatic carbocycles. The molecule has 0 spiro atoms. The molecule has 3 heterocycles. The Balaban J connectivity index is 1.54. The first kappa shape index (κ1) is 18.1. The summed E-state index contributed by atoms with van der Waals surface area (Å²) >= 11 is 0. The van der Waals surface area contributed by atoms with Crippen LogP contribution in [0, 0.1) is 25.7 Å². The van der Waals surface area contributed by atoms with Crippen LogP contribution in [-0.2, 0) is 11.3 Å². The van der Waals surface area contributed by atoms with Crippen molar-refractivity contribution in [3.05, 3.63) is 27.9 Å². The Kier molecular flexibility index (Phi) is 5.57. The first-order valence-corrected chi connectivity index (χ1v) is 9.45. The van der Waals surface area contributed by atoms with Gasteiger partial charge in [-0.25, -0.2) is 4.98 Å². The highest BCUT2D eigenvalue weighted by Gasteiger charge is 2.30. The molecule has 6 nitrogen and oxygen atoms in total. The van der Waals surface area contributed by atoms with Crippen molar-refractivity contribution in [1.82, 2.24) is 19.4 Å². The van der Waals surface area contributed by atoms with Crippen LogP contribution in [0.3, 0.4) is 0 Å². The summed E-state index contributed by atoms with van der Waals surface area (Å²) in [7, 11) is 2.10. The second kappa shape index (κ2) is 7.68. The first-order chi connectivity index (χ1) is 12.0. The monoisotopic (exact) mass is 346 g/mol. The molecule has 2 saturated heterocycles. The summed E-state index contributed by atoms with van der Waals surface area (Å²) in [6, 6.07) is 0. The third-order valence-electron chi connectivity index (χ3n) is 5.87. The third-order valence-corrected chi connectivity index (χ3v) is 5.87. The summed E-state index contributed by atoms with van der Waals surface area (Å²) in [5.41, 5.74) is 1.60. The molecule has 2 aliphatic heterocycles. The summed E-state index contributed by atoms with van der Waals surface area (Å²) in [6.45, 7) is 8.04. The number of hydrogen-bond donors (Lipinski definition) is 0. The van der Waals surface area contributed by atoms with Crippen molar-refractivity contribution in [2.75, 3.05) is 33.2 Å². The van der Waals surface area contributed by atoms with E-state index in [0.717, 1.165) is 63.1 Å². The molecule has 1 atom stereocenters. The Hall–Kier alpha value is -1.69. The van der Waals surface area contributed by atoms with Gasteiger partial charge in [-0.1, -0.05) is 0 Å². The van der Waals surface area contributed by atoms with Crippen molar-refractivity contribution in [3.63, 3.8) is 0 Å². The minimum atomic E-state index is 0.0660. The number of carbonyl (C=O) groups is 1. The number of aromatic nitrogens is 2. The van der Waals surface area contributed by atoms with Crippen LogP contribution in [0.2, 0.25) is 0 Å². The lowest BCUT2D eigenvalue weighted by Gasteiger charge is -2.37. The fourth-order valence-corrected chi connectivity index (χ4v) is 4.05. The number of nitrogens with zero attached hydrogens (tertiary/aromatic N) is 4. The number of aryl methyl sites for hydroxylation is 1. The number of amides is 1. The van der Waals surface area contributed by atoms with Crippen LogP contribution in [0.15, 0.2) is 11.1 Å². The second-order valence-electron chi connectivity index (χ2n) is 7.78. The number of rotatable bonds is 3. The van der Waals surface area contributed by atoms with Crippen LogP contribution in [0.5, 0.6) is 0 Å². The molecule has 1 amide bonds. The predicted octanol–water partition coefficient (Wildman–Crippen LogP) is 1.44. The van der Waals surface area contributed by atoms with E-state index in [1.54, 1.807) is 10.9 Å². The maximum atomic E-state index is 12.7. The average molecular weight is 346 g/mol. The fraction of sp³-hybridized carbons (Fsp3) is 0.737. The van der Waals surface area contributed by atoms with E-state index in [1.165, 1.54) is 0 Å². The smallest absolute Gasteiger partial charge is 0.256 e.